The SMILES string of the molecule is COc1cc([N+](=O)[O-])c(OC)cc1C(C)=O. The summed E-state index contributed by atoms with van der Waals surface area (Å²) >= 11 is 0. The fourth-order valence-electron chi connectivity index (χ4n) is 1.30. The lowest BCUT2D eigenvalue weighted by molar-refractivity contribution is -0.385. The molecule has 0 amide bonds. The van der Waals surface area contributed by atoms with Crippen LogP contribution in [0.25, 0.3) is 0 Å². The molecule has 0 saturated heterocycles. The summed E-state index contributed by atoms with van der Waals surface area (Å²) in [4.78, 5) is 21.4. The van der Waals surface area contributed by atoms with Crippen molar-refractivity contribution in [2.75, 3.05) is 14.2 Å². The molecule has 1 rings (SSSR count). The monoisotopic (exact) mass is 225 g/mol. The van der Waals surface area contributed by atoms with Crippen molar-refractivity contribution in [1.82, 2.24) is 0 Å². The lowest BCUT2D eigenvalue weighted by atomic mass is 10.1. The maximum atomic E-state index is 11.3. The summed E-state index contributed by atoms with van der Waals surface area (Å²) < 4.78 is 9.76. The van der Waals surface area contributed by atoms with Crippen LogP contribution in [-0.4, -0.2) is 24.9 Å². The first-order valence-corrected chi connectivity index (χ1v) is 4.42. The number of hydrogen-bond acceptors (Lipinski definition) is 5. The van der Waals surface area contributed by atoms with Crippen molar-refractivity contribution in [3.05, 3.63) is 27.8 Å². The van der Waals surface area contributed by atoms with Crippen LogP contribution in [0.2, 0.25) is 0 Å². The van der Waals surface area contributed by atoms with E-state index in [1.807, 2.05) is 0 Å². The van der Waals surface area contributed by atoms with Crippen LogP contribution in [-0.2, 0) is 0 Å². The Hall–Kier alpha value is -2.11. The number of carbonyl (C=O) groups is 1. The van der Waals surface area contributed by atoms with Gasteiger partial charge in [-0.1, -0.05) is 0 Å². The molecule has 0 heterocycles. The third kappa shape index (κ3) is 2.10. The van der Waals surface area contributed by atoms with Crippen molar-refractivity contribution in [1.29, 1.82) is 0 Å². The van der Waals surface area contributed by atoms with Crippen molar-refractivity contribution >= 4 is 11.5 Å². The Kier molecular flexibility index (Phi) is 3.44. The number of ketones is 1. The Morgan fingerprint density at radius 1 is 1.25 bits per heavy atom. The van der Waals surface area contributed by atoms with Gasteiger partial charge < -0.3 is 9.47 Å². The van der Waals surface area contributed by atoms with E-state index in [9.17, 15) is 14.9 Å². The molecule has 1 aromatic rings. The second-order valence-corrected chi connectivity index (χ2v) is 3.04. The van der Waals surface area contributed by atoms with Crippen LogP contribution in [0.5, 0.6) is 11.5 Å². The highest BCUT2D eigenvalue weighted by Gasteiger charge is 2.21. The molecule has 0 aliphatic carbocycles. The smallest absolute Gasteiger partial charge is 0.314 e. The van der Waals surface area contributed by atoms with Gasteiger partial charge in [-0.25, -0.2) is 0 Å². The van der Waals surface area contributed by atoms with Crippen molar-refractivity contribution in [2.45, 2.75) is 6.92 Å². The van der Waals surface area contributed by atoms with Crippen molar-refractivity contribution < 1.29 is 19.2 Å². The maximum Gasteiger partial charge on any atom is 0.314 e. The van der Waals surface area contributed by atoms with E-state index in [4.69, 9.17) is 9.47 Å². The molecule has 1 aromatic carbocycles. The summed E-state index contributed by atoms with van der Waals surface area (Å²) in [6, 6.07) is 2.48. The molecule has 0 unspecified atom stereocenters. The van der Waals surface area contributed by atoms with E-state index < -0.39 is 4.92 Å². The fourth-order valence-corrected chi connectivity index (χ4v) is 1.30. The van der Waals surface area contributed by atoms with Gasteiger partial charge in [0, 0.05) is 6.07 Å². The Morgan fingerprint density at radius 2 is 1.81 bits per heavy atom. The van der Waals surface area contributed by atoms with Crippen LogP contribution in [0, 0.1) is 10.1 Å². The summed E-state index contributed by atoms with van der Waals surface area (Å²) in [6.45, 7) is 1.35. The lowest BCUT2D eigenvalue weighted by Crippen LogP contribution is -2.01. The minimum atomic E-state index is -0.592. The molecule has 6 heteroatoms. The molecule has 0 aliphatic rings. The molecule has 0 N–H and O–H groups in total. The van der Waals surface area contributed by atoms with E-state index in [2.05, 4.69) is 0 Å². The van der Waals surface area contributed by atoms with Crippen LogP contribution in [0.4, 0.5) is 5.69 Å². The Balaban J connectivity index is 3.46. The van der Waals surface area contributed by atoms with Crippen molar-refractivity contribution in [3.63, 3.8) is 0 Å². The van der Waals surface area contributed by atoms with Gasteiger partial charge in [-0.2, -0.15) is 0 Å². The topological polar surface area (TPSA) is 78.7 Å². The lowest BCUT2D eigenvalue weighted by Gasteiger charge is -2.08. The number of carbonyl (C=O) groups excluding carboxylic acids is 1. The van der Waals surface area contributed by atoms with Crippen LogP contribution in [0.3, 0.4) is 0 Å². The number of hydrogen-bond donors (Lipinski definition) is 0. The highest BCUT2D eigenvalue weighted by atomic mass is 16.6. The number of rotatable bonds is 4. The van der Waals surface area contributed by atoms with Crippen molar-refractivity contribution in [2.24, 2.45) is 0 Å². The van der Waals surface area contributed by atoms with Crippen LogP contribution in [0.15, 0.2) is 12.1 Å². The average Bonchev–Trinajstić information content (AvgIpc) is 2.26. The molecule has 6 nitrogen and oxygen atoms in total. The van der Waals surface area contributed by atoms with E-state index in [1.54, 1.807) is 0 Å². The van der Waals surface area contributed by atoms with Gasteiger partial charge in [0.2, 0.25) is 0 Å². The molecule has 0 saturated carbocycles. The summed E-state index contributed by atoms with van der Waals surface area (Å²) in [5.74, 6) is -0.0407. The molecule has 0 radical (unpaired) electrons. The molecule has 0 bridgehead atoms. The van der Waals surface area contributed by atoms with Crippen LogP contribution < -0.4 is 9.47 Å². The standard InChI is InChI=1S/C10H11NO5/c1-6(12)7-4-10(16-3)8(11(13)14)5-9(7)15-2/h4-5H,1-3H3. The second kappa shape index (κ2) is 4.61. The van der Waals surface area contributed by atoms with Gasteiger partial charge in [0.05, 0.1) is 30.8 Å². The van der Waals surface area contributed by atoms with E-state index in [0.717, 1.165) is 0 Å². The zero-order chi connectivity index (χ0) is 12.3. The average molecular weight is 225 g/mol. The first-order valence-electron chi connectivity index (χ1n) is 4.42. The number of nitro groups is 1. The number of benzene rings is 1. The molecule has 0 aromatic heterocycles. The zero-order valence-electron chi connectivity index (χ0n) is 9.14. The Morgan fingerprint density at radius 3 is 2.19 bits per heavy atom. The molecular formula is C10H11NO5. The first-order chi connectivity index (χ1) is 7.51. The van der Waals surface area contributed by atoms with E-state index >= 15 is 0 Å². The molecule has 0 atom stereocenters. The molecule has 16 heavy (non-hydrogen) atoms. The van der Waals surface area contributed by atoms with Gasteiger partial charge in [0.15, 0.2) is 11.5 Å². The minimum absolute atomic E-state index is 0.0380. The molecule has 0 fully saturated rings. The summed E-state index contributed by atoms with van der Waals surface area (Å²) in [5.41, 5.74) is 0.0225. The number of Topliss-reactive ketones (excluding diaryl/α,β-unsaturated/α-hetero) is 1. The normalized spacial score (nSPS) is 9.69. The van der Waals surface area contributed by atoms with Crippen molar-refractivity contribution in [3.8, 4) is 11.5 Å². The molecular weight excluding hydrogens is 214 g/mol. The number of nitrogens with zero attached hydrogens (tertiary/aromatic N) is 1. The zero-order valence-corrected chi connectivity index (χ0v) is 9.14. The summed E-state index contributed by atoms with van der Waals surface area (Å²) in [5, 5.41) is 10.7. The minimum Gasteiger partial charge on any atom is -0.496 e. The number of ether oxygens (including phenoxy) is 2. The number of methoxy groups -OCH3 is 2. The first kappa shape index (κ1) is 12.0. The highest BCUT2D eigenvalue weighted by molar-refractivity contribution is 5.97. The van der Waals surface area contributed by atoms with Gasteiger partial charge in [0.1, 0.15) is 5.75 Å². The predicted octanol–water partition coefficient (Wildman–Crippen LogP) is 1.81. The largest absolute Gasteiger partial charge is 0.496 e. The van der Waals surface area contributed by atoms with Gasteiger partial charge in [-0.3, -0.25) is 14.9 Å². The second-order valence-electron chi connectivity index (χ2n) is 3.04. The summed E-state index contributed by atoms with van der Waals surface area (Å²) in [6.07, 6.45) is 0. The molecule has 0 aliphatic heterocycles. The highest BCUT2D eigenvalue weighted by Crippen LogP contribution is 2.34. The van der Waals surface area contributed by atoms with E-state index in [1.165, 1.54) is 33.3 Å². The van der Waals surface area contributed by atoms with E-state index in [-0.39, 0.29) is 28.5 Å². The van der Waals surface area contributed by atoms with Crippen LogP contribution >= 0.6 is 0 Å². The molecule has 0 spiro atoms. The molecule has 86 valence electrons. The predicted molar refractivity (Wildman–Crippen MR) is 56.2 cm³/mol. The van der Waals surface area contributed by atoms with Gasteiger partial charge in [-0.05, 0) is 6.92 Å². The summed E-state index contributed by atoms with van der Waals surface area (Å²) in [7, 11) is 2.65. The van der Waals surface area contributed by atoms with Gasteiger partial charge in [0.25, 0.3) is 0 Å². The van der Waals surface area contributed by atoms with Crippen LogP contribution in [0.1, 0.15) is 17.3 Å². The van der Waals surface area contributed by atoms with Gasteiger partial charge >= 0.3 is 5.69 Å². The Bertz CT molecular complexity index is 399. The third-order valence-corrected chi connectivity index (χ3v) is 2.08. The maximum absolute atomic E-state index is 11.3. The number of nitro benzene ring substituents is 1. The quantitative estimate of drug-likeness (QED) is 0.443. The third-order valence-electron chi connectivity index (χ3n) is 2.08. The fraction of sp³-hybridized carbons (Fsp3) is 0.300. The van der Waals surface area contributed by atoms with E-state index in [0.29, 0.717) is 0 Å². The Labute approximate surface area is 91.9 Å². The van der Waals surface area contributed by atoms with Gasteiger partial charge in [-0.15, -0.1) is 0 Å².